The van der Waals surface area contributed by atoms with E-state index in [1.54, 1.807) is 38.2 Å². The lowest BCUT2D eigenvalue weighted by molar-refractivity contribution is 0.512. The van der Waals surface area contributed by atoms with E-state index in [1.807, 2.05) is 0 Å². The molecule has 0 amide bonds. The fraction of sp³-hybridized carbons (Fsp3) is 0.188. The first-order chi connectivity index (χ1) is 10.9. The molecule has 3 rings (SSSR count). The molecule has 1 aromatic heterocycles. The van der Waals surface area contributed by atoms with Gasteiger partial charge in [-0.15, -0.1) is 6.42 Å². The molecular formula is C16H15N3O3S. The van der Waals surface area contributed by atoms with E-state index in [2.05, 4.69) is 11.0 Å². The van der Waals surface area contributed by atoms with Crippen molar-refractivity contribution < 1.29 is 13.5 Å². The Hall–Kier alpha value is -2.72. The SMILES string of the molecule is C#CCN1c2c(cnn2C)C(O)=C(c2ccccc2C)S1(=O)=O. The molecule has 0 aliphatic carbocycles. The first kappa shape index (κ1) is 15.2. The summed E-state index contributed by atoms with van der Waals surface area (Å²) in [6, 6.07) is 6.98. The summed E-state index contributed by atoms with van der Waals surface area (Å²) in [5, 5.41) is 14.6. The number of fused-ring (bicyclic) bond motifs is 1. The van der Waals surface area contributed by atoms with Crippen LogP contribution in [0.3, 0.4) is 0 Å². The number of rotatable bonds is 2. The number of benzene rings is 1. The molecule has 1 aliphatic heterocycles. The third-order valence-electron chi connectivity index (χ3n) is 3.79. The lowest BCUT2D eigenvalue weighted by atomic mass is 10.1. The molecule has 7 heteroatoms. The van der Waals surface area contributed by atoms with Crippen LogP contribution in [-0.4, -0.2) is 29.8 Å². The number of sulfonamides is 1. The second kappa shape index (κ2) is 5.18. The Labute approximate surface area is 134 Å². The minimum atomic E-state index is -4.00. The van der Waals surface area contributed by atoms with Crippen LogP contribution in [-0.2, 0) is 17.1 Å². The second-order valence-corrected chi connectivity index (χ2v) is 7.01. The van der Waals surface area contributed by atoms with Crippen LogP contribution in [0.15, 0.2) is 30.5 Å². The summed E-state index contributed by atoms with van der Waals surface area (Å²) >= 11 is 0. The van der Waals surface area contributed by atoms with Gasteiger partial charge in [0, 0.05) is 12.6 Å². The number of aryl methyl sites for hydroxylation is 2. The molecule has 0 saturated heterocycles. The van der Waals surface area contributed by atoms with Crippen molar-refractivity contribution in [3.8, 4) is 12.3 Å². The Kier molecular flexibility index (Phi) is 3.42. The van der Waals surface area contributed by atoms with E-state index >= 15 is 0 Å². The quantitative estimate of drug-likeness (QED) is 0.854. The van der Waals surface area contributed by atoms with Crippen LogP contribution in [0.25, 0.3) is 10.7 Å². The molecule has 0 radical (unpaired) electrons. The van der Waals surface area contributed by atoms with E-state index in [0.29, 0.717) is 11.1 Å². The Morgan fingerprint density at radius 1 is 1.30 bits per heavy atom. The fourth-order valence-electron chi connectivity index (χ4n) is 2.70. The highest BCUT2D eigenvalue weighted by Gasteiger charge is 2.40. The molecule has 2 aromatic rings. The number of hydrogen-bond acceptors (Lipinski definition) is 4. The van der Waals surface area contributed by atoms with Crippen molar-refractivity contribution in [1.82, 2.24) is 9.78 Å². The lowest BCUT2D eigenvalue weighted by Gasteiger charge is -2.29. The molecule has 1 aromatic carbocycles. The van der Waals surface area contributed by atoms with Crippen molar-refractivity contribution in [2.75, 3.05) is 10.8 Å². The summed E-state index contributed by atoms with van der Waals surface area (Å²) < 4.78 is 28.6. The third kappa shape index (κ3) is 2.11. The zero-order valence-corrected chi connectivity index (χ0v) is 13.5. The van der Waals surface area contributed by atoms with Gasteiger partial charge in [-0.25, -0.2) is 12.7 Å². The van der Waals surface area contributed by atoms with Crippen molar-refractivity contribution in [3.05, 3.63) is 47.2 Å². The highest BCUT2D eigenvalue weighted by atomic mass is 32.2. The van der Waals surface area contributed by atoms with E-state index in [1.165, 1.54) is 10.9 Å². The lowest BCUT2D eigenvalue weighted by Crippen LogP contribution is -2.37. The topological polar surface area (TPSA) is 75.4 Å². The van der Waals surface area contributed by atoms with Gasteiger partial charge >= 0.3 is 0 Å². The van der Waals surface area contributed by atoms with Gasteiger partial charge in [-0.1, -0.05) is 30.2 Å². The Balaban J connectivity index is 2.39. The number of aromatic nitrogens is 2. The van der Waals surface area contributed by atoms with E-state index in [9.17, 15) is 13.5 Å². The van der Waals surface area contributed by atoms with E-state index in [0.717, 1.165) is 9.87 Å². The second-order valence-electron chi connectivity index (χ2n) is 5.21. The zero-order valence-electron chi connectivity index (χ0n) is 12.7. The molecule has 0 spiro atoms. The standard InChI is InChI=1S/C16H15N3O3S/c1-4-9-19-16-13(10-17-18(16)3)14(20)15(23(19,21)22)12-8-6-5-7-11(12)2/h1,5-8,10,20H,9H2,2-3H3. The number of terminal acetylenes is 1. The van der Waals surface area contributed by atoms with Gasteiger partial charge < -0.3 is 5.11 Å². The van der Waals surface area contributed by atoms with Crippen LogP contribution in [0.4, 0.5) is 5.82 Å². The van der Waals surface area contributed by atoms with E-state index in [-0.39, 0.29) is 23.0 Å². The van der Waals surface area contributed by atoms with Crippen molar-refractivity contribution in [1.29, 1.82) is 0 Å². The molecule has 0 atom stereocenters. The monoisotopic (exact) mass is 329 g/mol. The molecule has 0 fully saturated rings. The highest BCUT2D eigenvalue weighted by Crippen LogP contribution is 2.42. The van der Waals surface area contributed by atoms with Gasteiger partial charge in [0.2, 0.25) is 0 Å². The van der Waals surface area contributed by atoms with Gasteiger partial charge in [-0.3, -0.25) is 4.68 Å². The molecule has 0 unspecified atom stereocenters. The van der Waals surface area contributed by atoms with Crippen molar-refractivity contribution in [2.45, 2.75) is 6.92 Å². The maximum Gasteiger partial charge on any atom is 0.270 e. The molecular weight excluding hydrogens is 314 g/mol. The summed E-state index contributed by atoms with van der Waals surface area (Å²) in [6.45, 7) is 1.65. The number of hydrogen-bond donors (Lipinski definition) is 1. The molecule has 23 heavy (non-hydrogen) atoms. The van der Waals surface area contributed by atoms with Crippen molar-refractivity contribution in [2.24, 2.45) is 7.05 Å². The highest BCUT2D eigenvalue weighted by molar-refractivity contribution is 8.02. The number of anilines is 1. The van der Waals surface area contributed by atoms with Gasteiger partial charge in [-0.05, 0) is 12.5 Å². The normalized spacial score (nSPS) is 16.1. The molecule has 118 valence electrons. The molecule has 1 aliphatic rings. The van der Waals surface area contributed by atoms with Crippen molar-refractivity contribution in [3.63, 3.8) is 0 Å². The predicted molar refractivity (Wildman–Crippen MR) is 88.9 cm³/mol. The minimum absolute atomic E-state index is 0.141. The van der Waals surface area contributed by atoms with Gasteiger partial charge in [0.1, 0.15) is 10.7 Å². The molecule has 6 nitrogen and oxygen atoms in total. The zero-order chi connectivity index (χ0) is 16.8. The van der Waals surface area contributed by atoms with Gasteiger partial charge in [-0.2, -0.15) is 5.10 Å². The average Bonchev–Trinajstić information content (AvgIpc) is 2.87. The maximum atomic E-state index is 13.1. The Morgan fingerprint density at radius 3 is 2.65 bits per heavy atom. The first-order valence-electron chi connectivity index (χ1n) is 6.87. The van der Waals surface area contributed by atoms with Crippen LogP contribution in [0, 0.1) is 19.3 Å². The summed E-state index contributed by atoms with van der Waals surface area (Å²) in [6.07, 6.45) is 6.77. The number of aliphatic hydroxyl groups excluding tert-OH is 1. The van der Waals surface area contributed by atoms with Crippen LogP contribution in [0.5, 0.6) is 0 Å². The largest absolute Gasteiger partial charge is 0.506 e. The smallest absolute Gasteiger partial charge is 0.270 e. The molecule has 2 heterocycles. The van der Waals surface area contributed by atoms with Gasteiger partial charge in [0.15, 0.2) is 5.82 Å². The fourth-order valence-corrected chi connectivity index (χ4v) is 4.47. The van der Waals surface area contributed by atoms with Crippen LogP contribution in [0.2, 0.25) is 0 Å². The summed E-state index contributed by atoms with van der Waals surface area (Å²) in [7, 11) is -2.40. The number of nitrogens with zero attached hydrogens (tertiary/aromatic N) is 3. The van der Waals surface area contributed by atoms with Gasteiger partial charge in [0.25, 0.3) is 10.0 Å². The number of aliphatic hydroxyl groups is 1. The Morgan fingerprint density at radius 2 is 2.00 bits per heavy atom. The summed E-state index contributed by atoms with van der Waals surface area (Å²) in [4.78, 5) is -0.147. The van der Waals surface area contributed by atoms with Gasteiger partial charge in [0.05, 0.1) is 18.3 Å². The summed E-state index contributed by atoms with van der Waals surface area (Å²) in [5.41, 5.74) is 1.53. The minimum Gasteiger partial charge on any atom is -0.506 e. The van der Waals surface area contributed by atoms with E-state index < -0.39 is 10.0 Å². The molecule has 0 saturated carbocycles. The molecule has 1 N–H and O–H groups in total. The molecule has 0 bridgehead atoms. The average molecular weight is 329 g/mol. The Bertz CT molecular complexity index is 965. The maximum absolute atomic E-state index is 13.1. The first-order valence-corrected chi connectivity index (χ1v) is 8.31. The van der Waals surface area contributed by atoms with Crippen LogP contribution >= 0.6 is 0 Å². The van der Waals surface area contributed by atoms with Crippen molar-refractivity contribution >= 4 is 26.5 Å². The van der Waals surface area contributed by atoms with Crippen LogP contribution in [0.1, 0.15) is 16.7 Å². The predicted octanol–water partition coefficient (Wildman–Crippen LogP) is 1.90. The third-order valence-corrected chi connectivity index (χ3v) is 5.60. The van der Waals surface area contributed by atoms with Crippen LogP contribution < -0.4 is 4.31 Å². The van der Waals surface area contributed by atoms with E-state index in [4.69, 9.17) is 6.42 Å². The summed E-state index contributed by atoms with van der Waals surface area (Å²) in [5.74, 6) is 2.31.